The van der Waals surface area contributed by atoms with Crippen molar-refractivity contribution in [3.05, 3.63) is 18.1 Å². The van der Waals surface area contributed by atoms with Gasteiger partial charge in [-0.25, -0.2) is 4.98 Å². The van der Waals surface area contributed by atoms with Crippen molar-refractivity contribution in [1.29, 1.82) is 0 Å². The monoisotopic (exact) mass is 168 g/mol. The molecule has 12 heavy (non-hydrogen) atoms. The summed E-state index contributed by atoms with van der Waals surface area (Å²) >= 11 is 0. The van der Waals surface area contributed by atoms with E-state index >= 15 is 0 Å². The minimum absolute atomic E-state index is 0.158. The van der Waals surface area contributed by atoms with Gasteiger partial charge in [0.1, 0.15) is 11.6 Å². The Bertz CT molecular complexity index is 279. The molecule has 2 rings (SSSR count). The summed E-state index contributed by atoms with van der Waals surface area (Å²) in [6.45, 7) is 0. The maximum absolute atomic E-state index is 12.6. The van der Waals surface area contributed by atoms with Crippen molar-refractivity contribution in [3.63, 3.8) is 0 Å². The Kier molecular flexibility index (Phi) is 1.60. The van der Waals surface area contributed by atoms with Crippen LogP contribution in [0.2, 0.25) is 0 Å². The Balaban J connectivity index is 2.18. The number of anilines is 1. The minimum atomic E-state index is -0.592. The van der Waals surface area contributed by atoms with E-state index in [0.717, 1.165) is 12.8 Å². The quantitative estimate of drug-likeness (QED) is 0.678. The molecule has 1 aliphatic rings. The maximum atomic E-state index is 12.6. The number of halogens is 1. The van der Waals surface area contributed by atoms with Gasteiger partial charge in [0.05, 0.1) is 6.10 Å². The molecule has 1 fully saturated rings. The number of hydrogen-bond acceptors (Lipinski definition) is 3. The van der Waals surface area contributed by atoms with E-state index in [2.05, 4.69) is 4.98 Å². The Hall–Kier alpha value is -1.32. The van der Waals surface area contributed by atoms with E-state index in [1.165, 1.54) is 12.1 Å². The van der Waals surface area contributed by atoms with Crippen LogP contribution in [0.25, 0.3) is 0 Å². The van der Waals surface area contributed by atoms with Gasteiger partial charge in [-0.1, -0.05) is 0 Å². The maximum Gasteiger partial charge on any atom is 0.218 e. The molecule has 64 valence electrons. The summed E-state index contributed by atoms with van der Waals surface area (Å²) in [6.07, 6.45) is 2.35. The second-order valence-corrected chi connectivity index (χ2v) is 2.87. The van der Waals surface area contributed by atoms with Crippen molar-refractivity contribution in [3.8, 4) is 5.75 Å². The number of nitrogen functional groups attached to an aromatic ring is 1. The van der Waals surface area contributed by atoms with E-state index in [9.17, 15) is 4.39 Å². The molecule has 1 aromatic rings. The first-order valence-corrected chi connectivity index (χ1v) is 3.84. The molecule has 0 aromatic carbocycles. The largest absolute Gasteiger partial charge is 0.490 e. The molecule has 3 nitrogen and oxygen atoms in total. The molecular weight excluding hydrogens is 159 g/mol. The number of hydrogen-bond donors (Lipinski definition) is 1. The van der Waals surface area contributed by atoms with Gasteiger partial charge in [0.25, 0.3) is 0 Å². The molecule has 0 unspecified atom stereocenters. The van der Waals surface area contributed by atoms with Crippen LogP contribution in [-0.4, -0.2) is 11.1 Å². The van der Waals surface area contributed by atoms with Crippen LogP contribution in [0.1, 0.15) is 12.8 Å². The fraction of sp³-hybridized carbons (Fsp3) is 0.375. The smallest absolute Gasteiger partial charge is 0.218 e. The topological polar surface area (TPSA) is 48.1 Å². The highest BCUT2D eigenvalue weighted by atomic mass is 19.1. The summed E-state index contributed by atoms with van der Waals surface area (Å²) in [6, 6.07) is 2.77. The summed E-state index contributed by atoms with van der Waals surface area (Å²) in [7, 11) is 0. The summed E-state index contributed by atoms with van der Waals surface area (Å²) in [5.41, 5.74) is 5.32. The molecule has 0 radical (unpaired) electrons. The van der Waals surface area contributed by atoms with Gasteiger partial charge in [-0.15, -0.1) is 0 Å². The highest BCUT2D eigenvalue weighted by Crippen LogP contribution is 2.27. The van der Waals surface area contributed by atoms with Gasteiger partial charge in [-0.2, -0.15) is 4.39 Å². The van der Waals surface area contributed by atoms with Gasteiger partial charge in [-0.05, 0) is 12.8 Å². The number of nitrogens with zero attached hydrogens (tertiary/aromatic N) is 1. The third-order valence-electron chi connectivity index (χ3n) is 1.61. The van der Waals surface area contributed by atoms with E-state index in [4.69, 9.17) is 10.5 Å². The molecule has 0 saturated heterocycles. The zero-order valence-corrected chi connectivity index (χ0v) is 6.46. The predicted molar refractivity (Wildman–Crippen MR) is 42.3 cm³/mol. The molecule has 2 N–H and O–H groups in total. The molecule has 0 atom stereocenters. The van der Waals surface area contributed by atoms with Crippen LogP contribution in [-0.2, 0) is 0 Å². The van der Waals surface area contributed by atoms with Crippen molar-refractivity contribution in [2.75, 3.05) is 5.73 Å². The summed E-state index contributed by atoms with van der Waals surface area (Å²) in [4.78, 5) is 3.39. The van der Waals surface area contributed by atoms with Gasteiger partial charge in [0.2, 0.25) is 5.95 Å². The van der Waals surface area contributed by atoms with Gasteiger partial charge >= 0.3 is 0 Å². The van der Waals surface area contributed by atoms with Gasteiger partial charge in [0, 0.05) is 12.1 Å². The van der Waals surface area contributed by atoms with Crippen molar-refractivity contribution in [2.24, 2.45) is 0 Å². The number of ether oxygens (including phenoxy) is 1. The van der Waals surface area contributed by atoms with E-state index in [-0.39, 0.29) is 11.9 Å². The number of rotatable bonds is 2. The van der Waals surface area contributed by atoms with Crippen LogP contribution in [0.15, 0.2) is 12.1 Å². The zero-order chi connectivity index (χ0) is 8.55. The Morgan fingerprint density at radius 3 is 2.83 bits per heavy atom. The van der Waals surface area contributed by atoms with Crippen molar-refractivity contribution < 1.29 is 9.13 Å². The van der Waals surface area contributed by atoms with Crippen LogP contribution in [0.5, 0.6) is 5.75 Å². The molecule has 4 heteroatoms. The second kappa shape index (κ2) is 2.62. The zero-order valence-electron chi connectivity index (χ0n) is 6.46. The lowest BCUT2D eigenvalue weighted by atomic mass is 10.4. The first-order valence-electron chi connectivity index (χ1n) is 3.84. The van der Waals surface area contributed by atoms with Crippen LogP contribution < -0.4 is 10.5 Å². The number of aromatic nitrogens is 1. The minimum Gasteiger partial charge on any atom is -0.490 e. The van der Waals surface area contributed by atoms with E-state index in [0.29, 0.717) is 5.75 Å². The van der Waals surface area contributed by atoms with Crippen LogP contribution in [0.3, 0.4) is 0 Å². The lowest BCUT2D eigenvalue weighted by Crippen LogP contribution is -1.99. The molecule has 1 aromatic heterocycles. The third kappa shape index (κ3) is 1.64. The van der Waals surface area contributed by atoms with Gasteiger partial charge in [0.15, 0.2) is 0 Å². The first-order chi connectivity index (χ1) is 5.74. The summed E-state index contributed by atoms with van der Waals surface area (Å²) in [5.74, 6) is 0.0406. The Morgan fingerprint density at radius 2 is 2.25 bits per heavy atom. The van der Waals surface area contributed by atoms with Crippen molar-refractivity contribution in [2.45, 2.75) is 18.9 Å². The highest BCUT2D eigenvalue weighted by Gasteiger charge is 2.23. The van der Waals surface area contributed by atoms with Gasteiger partial charge in [-0.3, -0.25) is 0 Å². The average molecular weight is 168 g/mol. The molecule has 0 bridgehead atoms. The molecule has 0 aliphatic heterocycles. The third-order valence-corrected chi connectivity index (χ3v) is 1.61. The van der Waals surface area contributed by atoms with Crippen molar-refractivity contribution >= 4 is 5.82 Å². The second-order valence-electron chi connectivity index (χ2n) is 2.87. The Morgan fingerprint density at radius 1 is 1.50 bits per heavy atom. The SMILES string of the molecule is Nc1cc(OC2CC2)cc(F)n1. The molecule has 1 aliphatic carbocycles. The molecular formula is C8H9FN2O. The normalized spacial score (nSPS) is 16.1. The van der Waals surface area contributed by atoms with Crippen molar-refractivity contribution in [1.82, 2.24) is 4.98 Å². The average Bonchev–Trinajstić information content (AvgIpc) is 2.68. The fourth-order valence-corrected chi connectivity index (χ4v) is 0.939. The fourth-order valence-electron chi connectivity index (χ4n) is 0.939. The number of nitrogens with two attached hydrogens (primary N) is 1. The lowest BCUT2D eigenvalue weighted by Gasteiger charge is -2.03. The van der Waals surface area contributed by atoms with Crippen LogP contribution in [0, 0.1) is 5.95 Å². The van der Waals surface area contributed by atoms with Crippen LogP contribution >= 0.6 is 0 Å². The molecule has 0 amide bonds. The molecule has 1 heterocycles. The highest BCUT2D eigenvalue weighted by molar-refractivity contribution is 5.36. The van der Waals surface area contributed by atoms with E-state index < -0.39 is 5.95 Å². The van der Waals surface area contributed by atoms with Crippen LogP contribution in [0.4, 0.5) is 10.2 Å². The standard InChI is InChI=1S/C8H9FN2O/c9-7-3-6(4-8(10)11-7)12-5-1-2-5/h3-5H,1-2H2,(H2,10,11). The van der Waals surface area contributed by atoms with Gasteiger partial charge < -0.3 is 10.5 Å². The summed E-state index contributed by atoms with van der Waals surface area (Å²) < 4.78 is 18.0. The molecule has 1 saturated carbocycles. The Labute approximate surface area is 69.4 Å². The molecule has 0 spiro atoms. The van der Waals surface area contributed by atoms with E-state index in [1.54, 1.807) is 0 Å². The van der Waals surface area contributed by atoms with E-state index in [1.807, 2.05) is 0 Å². The first kappa shape index (κ1) is 7.34. The summed E-state index contributed by atoms with van der Waals surface area (Å²) in [5, 5.41) is 0. The predicted octanol–water partition coefficient (Wildman–Crippen LogP) is 1.34. The number of pyridine rings is 1. The lowest BCUT2D eigenvalue weighted by molar-refractivity contribution is 0.301.